The van der Waals surface area contributed by atoms with E-state index in [4.69, 9.17) is 16.3 Å². The van der Waals surface area contributed by atoms with E-state index < -0.39 is 35.9 Å². The summed E-state index contributed by atoms with van der Waals surface area (Å²) < 4.78 is 4.78. The zero-order valence-electron chi connectivity index (χ0n) is 17.5. The lowest BCUT2D eigenvalue weighted by Crippen LogP contribution is -2.63. The number of esters is 1. The zero-order chi connectivity index (χ0) is 23.1. The second kappa shape index (κ2) is 10.8. The number of halogens is 1. The lowest BCUT2D eigenvalue weighted by molar-refractivity contribution is -0.145. The molecule has 0 bridgehead atoms. The number of hydrogen-bond acceptors (Lipinski definition) is 5. The van der Waals surface area contributed by atoms with Gasteiger partial charge >= 0.3 is 5.97 Å². The standard InChI is InChI=1S/C23H24ClN3O5/c1-32-23(31)19(12-15-9-5-6-10-16(15)24)25-20(28)13-18-22(30)26-17(21(29)27-18)11-14-7-3-2-4-8-14/h2-10,17-19H,11-13H2,1H3,(H,25,28)(H,26,30)(H,27,29)/t17-,18-,19+/m0/s1. The van der Waals surface area contributed by atoms with Gasteiger partial charge < -0.3 is 20.7 Å². The summed E-state index contributed by atoms with van der Waals surface area (Å²) in [4.78, 5) is 49.6. The maximum Gasteiger partial charge on any atom is 0.328 e. The molecule has 3 atom stereocenters. The van der Waals surface area contributed by atoms with Crippen molar-refractivity contribution in [1.29, 1.82) is 0 Å². The summed E-state index contributed by atoms with van der Waals surface area (Å²) in [6, 6.07) is 13.5. The SMILES string of the molecule is COC(=O)[C@@H](Cc1ccccc1Cl)NC(=O)C[C@@H]1NC(=O)[C@H](Cc2ccccc2)NC1=O. The van der Waals surface area contributed by atoms with Gasteiger partial charge in [-0.25, -0.2) is 4.79 Å². The van der Waals surface area contributed by atoms with Gasteiger partial charge in [0.15, 0.2) is 0 Å². The van der Waals surface area contributed by atoms with Crippen LogP contribution in [0.4, 0.5) is 0 Å². The Morgan fingerprint density at radius 3 is 2.31 bits per heavy atom. The highest BCUT2D eigenvalue weighted by atomic mass is 35.5. The second-order valence-electron chi connectivity index (χ2n) is 7.45. The number of methoxy groups -OCH3 is 1. The van der Waals surface area contributed by atoms with Gasteiger partial charge in [-0.05, 0) is 17.2 Å². The molecule has 32 heavy (non-hydrogen) atoms. The summed E-state index contributed by atoms with van der Waals surface area (Å²) in [7, 11) is 1.22. The fourth-order valence-corrected chi connectivity index (χ4v) is 3.68. The molecule has 3 amide bonds. The van der Waals surface area contributed by atoms with E-state index in [0.717, 1.165) is 5.56 Å². The topological polar surface area (TPSA) is 114 Å². The maximum absolute atomic E-state index is 12.6. The smallest absolute Gasteiger partial charge is 0.328 e. The lowest BCUT2D eigenvalue weighted by atomic mass is 10.0. The number of ether oxygens (including phenoxy) is 1. The van der Waals surface area contributed by atoms with Crippen LogP contribution in [0.15, 0.2) is 54.6 Å². The fraction of sp³-hybridized carbons (Fsp3) is 0.304. The van der Waals surface area contributed by atoms with Crippen LogP contribution in [0.3, 0.4) is 0 Å². The molecule has 0 unspecified atom stereocenters. The first kappa shape index (κ1) is 23.3. The molecule has 0 aromatic heterocycles. The molecule has 2 aromatic carbocycles. The predicted octanol–water partition coefficient (Wildman–Crippen LogP) is 1.16. The number of carbonyl (C=O) groups is 4. The van der Waals surface area contributed by atoms with E-state index in [-0.39, 0.29) is 18.7 Å². The Labute approximate surface area is 190 Å². The highest BCUT2D eigenvalue weighted by molar-refractivity contribution is 6.31. The Kier molecular flexibility index (Phi) is 7.83. The Balaban J connectivity index is 1.59. The molecule has 0 aliphatic carbocycles. The number of amides is 3. The van der Waals surface area contributed by atoms with Crippen LogP contribution in [0.25, 0.3) is 0 Å². The molecule has 168 valence electrons. The van der Waals surface area contributed by atoms with Crippen molar-refractivity contribution in [2.45, 2.75) is 37.4 Å². The summed E-state index contributed by atoms with van der Waals surface area (Å²) >= 11 is 6.15. The largest absolute Gasteiger partial charge is 0.467 e. The van der Waals surface area contributed by atoms with E-state index in [1.165, 1.54) is 7.11 Å². The van der Waals surface area contributed by atoms with Crippen molar-refractivity contribution in [1.82, 2.24) is 16.0 Å². The van der Waals surface area contributed by atoms with Crippen LogP contribution in [0.1, 0.15) is 17.5 Å². The first-order valence-corrected chi connectivity index (χ1v) is 10.5. The van der Waals surface area contributed by atoms with E-state index in [0.29, 0.717) is 17.0 Å². The van der Waals surface area contributed by atoms with Crippen molar-refractivity contribution in [2.24, 2.45) is 0 Å². The first-order chi connectivity index (χ1) is 15.4. The minimum absolute atomic E-state index is 0.125. The highest BCUT2D eigenvalue weighted by Gasteiger charge is 2.35. The Morgan fingerprint density at radius 2 is 1.62 bits per heavy atom. The van der Waals surface area contributed by atoms with Crippen LogP contribution in [0, 0.1) is 0 Å². The van der Waals surface area contributed by atoms with Crippen molar-refractivity contribution >= 4 is 35.3 Å². The molecule has 1 saturated heterocycles. The molecule has 0 radical (unpaired) electrons. The van der Waals surface area contributed by atoms with E-state index >= 15 is 0 Å². The van der Waals surface area contributed by atoms with Gasteiger partial charge in [-0.1, -0.05) is 60.1 Å². The summed E-state index contributed by atoms with van der Waals surface area (Å²) in [6.45, 7) is 0. The number of rotatable bonds is 8. The fourth-order valence-electron chi connectivity index (χ4n) is 3.47. The molecule has 1 heterocycles. The minimum atomic E-state index is -1.03. The summed E-state index contributed by atoms with van der Waals surface area (Å²) in [5.74, 6) is -2.04. The highest BCUT2D eigenvalue weighted by Crippen LogP contribution is 2.17. The van der Waals surface area contributed by atoms with Crippen molar-refractivity contribution in [3.05, 3.63) is 70.7 Å². The monoisotopic (exact) mass is 457 g/mol. The second-order valence-corrected chi connectivity index (χ2v) is 7.86. The van der Waals surface area contributed by atoms with Gasteiger partial charge in [0, 0.05) is 17.9 Å². The normalized spacial score (nSPS) is 18.8. The van der Waals surface area contributed by atoms with Gasteiger partial charge in [-0.2, -0.15) is 0 Å². The molecule has 1 aliphatic rings. The summed E-state index contributed by atoms with van der Waals surface area (Å²) in [5, 5.41) is 8.29. The number of benzene rings is 2. The molecule has 8 nitrogen and oxygen atoms in total. The van der Waals surface area contributed by atoms with Crippen LogP contribution in [0.5, 0.6) is 0 Å². The van der Waals surface area contributed by atoms with Gasteiger partial charge in [0.25, 0.3) is 0 Å². The van der Waals surface area contributed by atoms with E-state index in [1.54, 1.807) is 24.3 Å². The van der Waals surface area contributed by atoms with Crippen LogP contribution < -0.4 is 16.0 Å². The quantitative estimate of drug-likeness (QED) is 0.515. The van der Waals surface area contributed by atoms with Gasteiger partial charge in [0.2, 0.25) is 17.7 Å². The van der Waals surface area contributed by atoms with Crippen molar-refractivity contribution < 1.29 is 23.9 Å². The van der Waals surface area contributed by atoms with Gasteiger partial charge in [0.1, 0.15) is 18.1 Å². The van der Waals surface area contributed by atoms with E-state index in [9.17, 15) is 19.2 Å². The third-order valence-electron chi connectivity index (χ3n) is 5.14. The van der Waals surface area contributed by atoms with E-state index in [2.05, 4.69) is 16.0 Å². The van der Waals surface area contributed by atoms with Crippen LogP contribution in [0.2, 0.25) is 5.02 Å². The van der Waals surface area contributed by atoms with Gasteiger partial charge in [-0.3, -0.25) is 14.4 Å². The van der Waals surface area contributed by atoms with Crippen LogP contribution >= 0.6 is 11.6 Å². The molecule has 3 rings (SSSR count). The van der Waals surface area contributed by atoms with Crippen molar-refractivity contribution in [3.63, 3.8) is 0 Å². The third-order valence-corrected chi connectivity index (χ3v) is 5.51. The maximum atomic E-state index is 12.6. The van der Waals surface area contributed by atoms with Crippen molar-refractivity contribution in [2.75, 3.05) is 7.11 Å². The summed E-state index contributed by atoms with van der Waals surface area (Å²) in [6.07, 6.45) is 0.158. The average Bonchev–Trinajstić information content (AvgIpc) is 2.78. The summed E-state index contributed by atoms with van der Waals surface area (Å²) in [5.41, 5.74) is 1.57. The van der Waals surface area contributed by atoms with Crippen molar-refractivity contribution in [3.8, 4) is 0 Å². The molecular weight excluding hydrogens is 434 g/mol. The Hall–Kier alpha value is -3.39. The molecule has 0 saturated carbocycles. The molecule has 1 aliphatic heterocycles. The first-order valence-electron chi connectivity index (χ1n) is 10.1. The number of piperazine rings is 1. The minimum Gasteiger partial charge on any atom is -0.467 e. The molecule has 9 heteroatoms. The van der Waals surface area contributed by atoms with Gasteiger partial charge in [-0.15, -0.1) is 0 Å². The number of carbonyl (C=O) groups excluding carboxylic acids is 4. The molecular formula is C23H24ClN3O5. The Bertz CT molecular complexity index is 998. The molecule has 1 fully saturated rings. The number of nitrogens with one attached hydrogen (secondary N) is 3. The van der Waals surface area contributed by atoms with Gasteiger partial charge in [0.05, 0.1) is 13.5 Å². The average molecular weight is 458 g/mol. The predicted molar refractivity (Wildman–Crippen MR) is 118 cm³/mol. The Morgan fingerprint density at radius 1 is 1.00 bits per heavy atom. The van der Waals surface area contributed by atoms with E-state index in [1.807, 2.05) is 30.3 Å². The molecule has 0 spiro atoms. The molecule has 2 aromatic rings. The third kappa shape index (κ3) is 6.07. The van der Waals surface area contributed by atoms with Crippen LogP contribution in [-0.4, -0.2) is 48.9 Å². The number of hydrogen-bond donors (Lipinski definition) is 3. The van der Waals surface area contributed by atoms with Crippen LogP contribution in [-0.2, 0) is 36.8 Å². The zero-order valence-corrected chi connectivity index (χ0v) is 18.2. The molecule has 3 N–H and O–H groups in total. The lowest BCUT2D eigenvalue weighted by Gasteiger charge is -2.29.